The van der Waals surface area contributed by atoms with Gasteiger partial charge < -0.3 is 10.2 Å². The predicted molar refractivity (Wildman–Crippen MR) is 105 cm³/mol. The van der Waals surface area contributed by atoms with E-state index in [1.807, 2.05) is 4.90 Å². The number of carbonyl (C=O) groups is 2. The Morgan fingerprint density at radius 3 is 2.73 bits per heavy atom. The van der Waals surface area contributed by atoms with Crippen LogP contribution in [0, 0.1) is 11.8 Å². The van der Waals surface area contributed by atoms with Crippen molar-refractivity contribution in [2.45, 2.75) is 70.8 Å². The molecule has 0 radical (unpaired) electrons. The maximum atomic E-state index is 13.1. The molecule has 0 unspecified atom stereocenters. The Bertz CT molecular complexity index is 680. The molecule has 5 heteroatoms. The molecule has 1 aromatic rings. The van der Waals surface area contributed by atoms with Crippen molar-refractivity contribution in [3.05, 3.63) is 21.4 Å². The van der Waals surface area contributed by atoms with Crippen LogP contribution in [0.2, 0.25) is 0 Å². The van der Waals surface area contributed by atoms with Crippen molar-refractivity contribution >= 4 is 23.2 Å². The van der Waals surface area contributed by atoms with E-state index in [9.17, 15) is 9.59 Å². The van der Waals surface area contributed by atoms with Crippen LogP contribution in [0.1, 0.15) is 72.7 Å². The summed E-state index contributed by atoms with van der Waals surface area (Å²) < 4.78 is 0. The molecule has 0 spiro atoms. The number of fused-ring (bicyclic) bond motifs is 1. The highest BCUT2D eigenvalue weighted by Gasteiger charge is 2.35. The molecular formula is C21H30N2O2S. The first kappa shape index (κ1) is 18.0. The summed E-state index contributed by atoms with van der Waals surface area (Å²) >= 11 is 1.64. The van der Waals surface area contributed by atoms with Crippen LogP contribution < -0.4 is 5.32 Å². The Kier molecular flexibility index (Phi) is 5.35. The van der Waals surface area contributed by atoms with Gasteiger partial charge in [-0.15, -0.1) is 11.3 Å². The summed E-state index contributed by atoms with van der Waals surface area (Å²) in [4.78, 5) is 28.5. The van der Waals surface area contributed by atoms with Crippen molar-refractivity contribution in [2.24, 2.45) is 11.8 Å². The first-order valence-corrected chi connectivity index (χ1v) is 11.2. The zero-order valence-electron chi connectivity index (χ0n) is 15.8. The van der Waals surface area contributed by atoms with Crippen LogP contribution in [0.25, 0.3) is 0 Å². The topological polar surface area (TPSA) is 49.4 Å². The number of hydrogen-bond acceptors (Lipinski definition) is 3. The third kappa shape index (κ3) is 3.42. The lowest BCUT2D eigenvalue weighted by Gasteiger charge is -2.39. The Morgan fingerprint density at radius 1 is 1.19 bits per heavy atom. The minimum absolute atomic E-state index is 0.223. The van der Waals surface area contributed by atoms with Crippen LogP contribution in [0.4, 0.5) is 0 Å². The van der Waals surface area contributed by atoms with E-state index in [-0.39, 0.29) is 23.8 Å². The summed E-state index contributed by atoms with van der Waals surface area (Å²) in [6.07, 6.45) is 9.81. The Labute approximate surface area is 160 Å². The van der Waals surface area contributed by atoms with Gasteiger partial charge in [-0.3, -0.25) is 9.59 Å². The van der Waals surface area contributed by atoms with Crippen LogP contribution in [-0.4, -0.2) is 35.8 Å². The molecule has 2 amide bonds. The normalized spacial score (nSPS) is 26.1. The van der Waals surface area contributed by atoms with Crippen LogP contribution in [0.15, 0.2) is 5.38 Å². The molecule has 2 aliphatic carbocycles. The highest BCUT2D eigenvalue weighted by molar-refractivity contribution is 7.12. The molecule has 0 aromatic carbocycles. The smallest absolute Gasteiger partial charge is 0.264 e. The van der Waals surface area contributed by atoms with Crippen molar-refractivity contribution in [3.8, 4) is 0 Å². The molecule has 1 aromatic heterocycles. The Morgan fingerprint density at radius 2 is 2.00 bits per heavy atom. The fraction of sp³-hybridized carbons (Fsp3) is 0.714. The third-order valence-corrected chi connectivity index (χ3v) is 7.71. The molecule has 4 rings (SSSR count). The summed E-state index contributed by atoms with van der Waals surface area (Å²) in [5.74, 6) is 1.07. The maximum Gasteiger partial charge on any atom is 0.264 e. The van der Waals surface area contributed by atoms with Gasteiger partial charge in [-0.25, -0.2) is 0 Å². The number of nitrogens with zero attached hydrogens (tertiary/aromatic N) is 1. The summed E-state index contributed by atoms with van der Waals surface area (Å²) in [5.41, 5.74) is 2.72. The van der Waals surface area contributed by atoms with E-state index in [4.69, 9.17) is 0 Å². The van der Waals surface area contributed by atoms with E-state index in [0.29, 0.717) is 5.92 Å². The number of carbonyl (C=O) groups excluding carboxylic acids is 2. The summed E-state index contributed by atoms with van der Waals surface area (Å²) in [7, 11) is 0. The van der Waals surface area contributed by atoms with Crippen molar-refractivity contribution in [1.29, 1.82) is 0 Å². The number of likely N-dealkylation sites (tertiary alicyclic amines) is 1. The van der Waals surface area contributed by atoms with Crippen molar-refractivity contribution in [2.75, 3.05) is 13.1 Å². The molecule has 2 fully saturated rings. The summed E-state index contributed by atoms with van der Waals surface area (Å²) in [6.45, 7) is 3.71. The van der Waals surface area contributed by atoms with Crippen molar-refractivity contribution in [1.82, 2.24) is 10.2 Å². The van der Waals surface area contributed by atoms with Gasteiger partial charge in [0.15, 0.2) is 0 Å². The molecule has 1 N–H and O–H groups in total. The molecule has 142 valence electrons. The number of nitrogens with one attached hydrogen (secondary N) is 1. The van der Waals surface area contributed by atoms with Gasteiger partial charge in [-0.1, -0.05) is 13.3 Å². The van der Waals surface area contributed by atoms with E-state index in [2.05, 4.69) is 17.6 Å². The van der Waals surface area contributed by atoms with Crippen LogP contribution in [0.3, 0.4) is 0 Å². The van der Waals surface area contributed by atoms with Gasteiger partial charge in [0.05, 0.1) is 4.88 Å². The van der Waals surface area contributed by atoms with Crippen LogP contribution in [0.5, 0.6) is 0 Å². The highest BCUT2D eigenvalue weighted by atomic mass is 32.1. The molecule has 0 bridgehead atoms. The molecule has 3 aliphatic rings. The average Bonchev–Trinajstić information content (AvgIpc) is 3.04. The fourth-order valence-corrected chi connectivity index (χ4v) is 5.76. The molecule has 1 saturated carbocycles. The van der Waals surface area contributed by atoms with E-state index in [1.54, 1.807) is 11.3 Å². The van der Waals surface area contributed by atoms with Gasteiger partial charge in [-0.05, 0) is 73.8 Å². The number of rotatable bonds is 4. The third-order valence-electron chi connectivity index (χ3n) is 6.65. The first-order valence-electron chi connectivity index (χ1n) is 10.4. The van der Waals surface area contributed by atoms with Gasteiger partial charge in [-0.2, -0.15) is 0 Å². The molecular weight excluding hydrogens is 344 g/mol. The van der Waals surface area contributed by atoms with E-state index < -0.39 is 0 Å². The minimum Gasteiger partial charge on any atom is -0.353 e. The Hall–Kier alpha value is -1.36. The molecule has 1 aliphatic heterocycles. The number of aryl methyl sites for hydroxylation is 1. The monoisotopic (exact) mass is 374 g/mol. The minimum atomic E-state index is 0.223. The summed E-state index contributed by atoms with van der Waals surface area (Å²) in [5, 5.41) is 5.49. The SMILES string of the molecule is CC[C@@H]1CN(C(=O)c2scc3c2CCCC3)CC[C@@H]1NC(=O)C1CCC1. The molecule has 26 heavy (non-hydrogen) atoms. The Balaban J connectivity index is 1.40. The zero-order valence-corrected chi connectivity index (χ0v) is 16.6. The number of piperidine rings is 1. The molecule has 2 heterocycles. The lowest BCUT2D eigenvalue weighted by molar-refractivity contribution is -0.128. The maximum absolute atomic E-state index is 13.1. The zero-order chi connectivity index (χ0) is 18.1. The number of thiophene rings is 1. The molecule has 2 atom stereocenters. The van der Waals surface area contributed by atoms with E-state index in [0.717, 1.165) is 56.5 Å². The number of amides is 2. The van der Waals surface area contributed by atoms with E-state index >= 15 is 0 Å². The van der Waals surface area contributed by atoms with Gasteiger partial charge in [0.25, 0.3) is 5.91 Å². The second-order valence-electron chi connectivity index (χ2n) is 8.23. The largest absolute Gasteiger partial charge is 0.353 e. The van der Waals surface area contributed by atoms with Crippen LogP contribution >= 0.6 is 11.3 Å². The first-order chi connectivity index (χ1) is 12.7. The second kappa shape index (κ2) is 7.71. The molecule has 4 nitrogen and oxygen atoms in total. The highest BCUT2D eigenvalue weighted by Crippen LogP contribution is 2.32. The van der Waals surface area contributed by atoms with Gasteiger partial charge >= 0.3 is 0 Å². The van der Waals surface area contributed by atoms with Gasteiger partial charge in [0.1, 0.15) is 0 Å². The lowest BCUT2D eigenvalue weighted by atomic mass is 9.83. The predicted octanol–water partition coefficient (Wildman–Crippen LogP) is 3.78. The van der Waals surface area contributed by atoms with Gasteiger partial charge in [0.2, 0.25) is 5.91 Å². The quantitative estimate of drug-likeness (QED) is 0.872. The standard InChI is InChI=1S/C21H30N2O2S/c1-2-14-12-23(11-10-18(14)22-20(24)15-7-5-8-15)21(25)19-17-9-4-3-6-16(17)13-26-19/h13-15,18H,2-12H2,1H3,(H,22,24)/t14-,18+/m1/s1. The van der Waals surface area contributed by atoms with Crippen molar-refractivity contribution in [3.63, 3.8) is 0 Å². The fourth-order valence-electron chi connectivity index (χ4n) is 4.63. The summed E-state index contributed by atoms with van der Waals surface area (Å²) in [6, 6.07) is 0.231. The van der Waals surface area contributed by atoms with Crippen molar-refractivity contribution < 1.29 is 9.59 Å². The lowest BCUT2D eigenvalue weighted by Crippen LogP contribution is -2.53. The second-order valence-corrected chi connectivity index (χ2v) is 9.11. The van der Waals surface area contributed by atoms with Gasteiger partial charge in [0, 0.05) is 25.0 Å². The van der Waals surface area contributed by atoms with Crippen LogP contribution in [-0.2, 0) is 17.6 Å². The number of hydrogen-bond donors (Lipinski definition) is 1. The molecule has 1 saturated heterocycles. The average molecular weight is 375 g/mol. The van der Waals surface area contributed by atoms with E-state index in [1.165, 1.54) is 30.4 Å².